The summed E-state index contributed by atoms with van der Waals surface area (Å²) in [5, 5.41) is 1.91. The van der Waals surface area contributed by atoms with Gasteiger partial charge >= 0.3 is 6.03 Å². The van der Waals surface area contributed by atoms with Crippen molar-refractivity contribution >= 4 is 18.2 Å². The molecule has 3 amide bonds. The van der Waals surface area contributed by atoms with Gasteiger partial charge in [-0.1, -0.05) is 0 Å². The number of hydrogen-bond acceptors (Lipinski definition) is 5. The van der Waals surface area contributed by atoms with E-state index >= 15 is 0 Å². The number of benzene rings is 1. The van der Waals surface area contributed by atoms with Gasteiger partial charge in [-0.2, -0.15) is 0 Å². The first-order chi connectivity index (χ1) is 9.47. The monoisotopic (exact) mass is 280 g/mol. The van der Waals surface area contributed by atoms with E-state index < -0.39 is 18.0 Å². The number of nitrogens with one attached hydrogen (secondary N) is 1. The number of primary amides is 1. The number of carbonyl (C=O) groups is 3. The van der Waals surface area contributed by atoms with Gasteiger partial charge in [0.1, 0.15) is 6.29 Å². The Hall–Kier alpha value is -2.57. The van der Waals surface area contributed by atoms with Crippen molar-refractivity contribution in [2.75, 3.05) is 6.61 Å². The van der Waals surface area contributed by atoms with E-state index in [1.807, 2.05) is 5.32 Å². The Morgan fingerprint density at radius 3 is 2.65 bits per heavy atom. The van der Waals surface area contributed by atoms with E-state index in [0.29, 0.717) is 30.0 Å². The molecule has 7 heteroatoms. The summed E-state index contributed by atoms with van der Waals surface area (Å²) < 4.78 is 10.7. The van der Waals surface area contributed by atoms with Crippen LogP contribution in [0.1, 0.15) is 24.2 Å². The van der Waals surface area contributed by atoms with Crippen LogP contribution in [0.4, 0.5) is 4.79 Å². The SMILES string of the molecule is CCOc1cc(C=O)ccc1O[C@H](C)C(=O)NC(N)=O. The second kappa shape index (κ2) is 7.13. The molecule has 20 heavy (non-hydrogen) atoms. The van der Waals surface area contributed by atoms with Crippen molar-refractivity contribution in [2.45, 2.75) is 20.0 Å². The highest BCUT2D eigenvalue weighted by molar-refractivity contribution is 5.95. The smallest absolute Gasteiger partial charge is 0.318 e. The maximum atomic E-state index is 11.5. The molecule has 0 bridgehead atoms. The van der Waals surface area contributed by atoms with E-state index in [1.54, 1.807) is 6.92 Å². The minimum Gasteiger partial charge on any atom is -0.490 e. The van der Waals surface area contributed by atoms with E-state index in [9.17, 15) is 14.4 Å². The average molecular weight is 280 g/mol. The predicted molar refractivity (Wildman–Crippen MR) is 70.8 cm³/mol. The quantitative estimate of drug-likeness (QED) is 0.751. The average Bonchev–Trinajstić information content (AvgIpc) is 2.40. The van der Waals surface area contributed by atoms with Crippen LogP contribution in [0.25, 0.3) is 0 Å². The number of amides is 3. The molecule has 3 N–H and O–H groups in total. The highest BCUT2D eigenvalue weighted by atomic mass is 16.5. The highest BCUT2D eigenvalue weighted by Crippen LogP contribution is 2.28. The Labute approximate surface area is 116 Å². The summed E-state index contributed by atoms with van der Waals surface area (Å²) in [5.74, 6) is -0.0280. The summed E-state index contributed by atoms with van der Waals surface area (Å²) >= 11 is 0. The fraction of sp³-hybridized carbons (Fsp3) is 0.308. The van der Waals surface area contributed by atoms with Crippen LogP contribution in [-0.2, 0) is 4.79 Å². The standard InChI is InChI=1S/C13H16N2O5/c1-3-19-11-6-9(7-16)4-5-10(11)20-8(2)12(17)15-13(14)18/h4-8H,3H2,1-2H3,(H3,14,15,17,18)/t8-/m1/s1. The maximum Gasteiger partial charge on any atom is 0.318 e. The summed E-state index contributed by atoms with van der Waals surface area (Å²) in [6.45, 7) is 3.61. The largest absolute Gasteiger partial charge is 0.490 e. The lowest BCUT2D eigenvalue weighted by molar-refractivity contribution is -0.126. The minimum atomic E-state index is -0.952. The van der Waals surface area contributed by atoms with Gasteiger partial charge in [0.2, 0.25) is 0 Å². The summed E-state index contributed by atoms with van der Waals surface area (Å²) in [5.41, 5.74) is 5.28. The van der Waals surface area contributed by atoms with Gasteiger partial charge in [-0.15, -0.1) is 0 Å². The summed E-state index contributed by atoms with van der Waals surface area (Å²) in [4.78, 5) is 32.8. The van der Waals surface area contributed by atoms with E-state index in [0.717, 1.165) is 0 Å². The number of hydrogen-bond donors (Lipinski definition) is 2. The number of imide groups is 1. The van der Waals surface area contributed by atoms with Gasteiger partial charge in [0.15, 0.2) is 17.6 Å². The first-order valence-corrected chi connectivity index (χ1v) is 5.97. The zero-order valence-electron chi connectivity index (χ0n) is 11.2. The van der Waals surface area contributed by atoms with Crippen molar-refractivity contribution in [3.05, 3.63) is 23.8 Å². The van der Waals surface area contributed by atoms with Gasteiger partial charge in [0.05, 0.1) is 6.61 Å². The minimum absolute atomic E-state index is 0.296. The van der Waals surface area contributed by atoms with Crippen LogP contribution in [-0.4, -0.2) is 30.9 Å². The molecule has 1 aromatic carbocycles. The molecule has 0 radical (unpaired) electrons. The number of aldehydes is 1. The number of urea groups is 1. The molecule has 0 spiro atoms. The van der Waals surface area contributed by atoms with Gasteiger partial charge in [0.25, 0.3) is 5.91 Å². The molecule has 0 aliphatic heterocycles. The Morgan fingerprint density at radius 2 is 2.10 bits per heavy atom. The Kier molecular flexibility index (Phi) is 5.52. The molecule has 1 aromatic rings. The van der Waals surface area contributed by atoms with Crippen molar-refractivity contribution in [3.63, 3.8) is 0 Å². The Bertz CT molecular complexity index is 515. The third kappa shape index (κ3) is 4.27. The number of carbonyl (C=O) groups excluding carboxylic acids is 3. The van der Waals surface area contributed by atoms with Crippen LogP contribution >= 0.6 is 0 Å². The molecule has 0 saturated carbocycles. The fourth-order valence-corrected chi connectivity index (χ4v) is 1.43. The fourth-order valence-electron chi connectivity index (χ4n) is 1.43. The van der Waals surface area contributed by atoms with Gasteiger partial charge in [0, 0.05) is 5.56 Å². The van der Waals surface area contributed by atoms with Crippen molar-refractivity contribution in [1.82, 2.24) is 5.32 Å². The van der Waals surface area contributed by atoms with Crippen LogP contribution in [0.3, 0.4) is 0 Å². The third-order valence-electron chi connectivity index (χ3n) is 2.32. The molecule has 0 aliphatic rings. The topological polar surface area (TPSA) is 108 Å². The van der Waals surface area contributed by atoms with Crippen LogP contribution in [0.2, 0.25) is 0 Å². The molecule has 0 aliphatic carbocycles. The summed E-state index contributed by atoms with van der Waals surface area (Å²) in [6.07, 6.45) is -0.265. The summed E-state index contributed by atoms with van der Waals surface area (Å²) in [6, 6.07) is 3.60. The lowest BCUT2D eigenvalue weighted by atomic mass is 10.2. The molecule has 0 saturated heterocycles. The van der Waals surface area contributed by atoms with Crippen LogP contribution in [0.5, 0.6) is 11.5 Å². The van der Waals surface area contributed by atoms with Crippen molar-refractivity contribution in [3.8, 4) is 11.5 Å². The Morgan fingerprint density at radius 1 is 1.40 bits per heavy atom. The number of nitrogens with two attached hydrogens (primary N) is 1. The zero-order valence-corrected chi connectivity index (χ0v) is 11.2. The highest BCUT2D eigenvalue weighted by Gasteiger charge is 2.18. The lowest BCUT2D eigenvalue weighted by Crippen LogP contribution is -2.42. The van der Waals surface area contributed by atoms with Crippen LogP contribution in [0, 0.1) is 0 Å². The molecule has 0 unspecified atom stereocenters. The zero-order chi connectivity index (χ0) is 15.1. The second-order valence-electron chi connectivity index (χ2n) is 3.87. The lowest BCUT2D eigenvalue weighted by Gasteiger charge is -2.16. The molecule has 0 aromatic heterocycles. The van der Waals surface area contributed by atoms with E-state index in [4.69, 9.17) is 15.2 Å². The molecule has 108 valence electrons. The van der Waals surface area contributed by atoms with Gasteiger partial charge in [-0.3, -0.25) is 14.9 Å². The molecule has 1 atom stereocenters. The van der Waals surface area contributed by atoms with E-state index in [1.165, 1.54) is 25.1 Å². The predicted octanol–water partition coefficient (Wildman–Crippen LogP) is 0.860. The summed E-state index contributed by atoms with van der Waals surface area (Å²) in [7, 11) is 0. The van der Waals surface area contributed by atoms with Crippen molar-refractivity contribution in [1.29, 1.82) is 0 Å². The molecular weight excluding hydrogens is 264 g/mol. The molecule has 1 rings (SSSR count). The van der Waals surface area contributed by atoms with Gasteiger partial charge in [-0.25, -0.2) is 4.79 Å². The van der Waals surface area contributed by atoms with E-state index in [-0.39, 0.29) is 0 Å². The van der Waals surface area contributed by atoms with Gasteiger partial charge in [-0.05, 0) is 32.0 Å². The molecular formula is C13H16N2O5. The van der Waals surface area contributed by atoms with Crippen LogP contribution in [0.15, 0.2) is 18.2 Å². The van der Waals surface area contributed by atoms with Crippen LogP contribution < -0.4 is 20.5 Å². The third-order valence-corrected chi connectivity index (χ3v) is 2.32. The molecule has 7 nitrogen and oxygen atoms in total. The Balaban J connectivity index is 2.87. The maximum absolute atomic E-state index is 11.5. The van der Waals surface area contributed by atoms with Gasteiger partial charge < -0.3 is 15.2 Å². The van der Waals surface area contributed by atoms with Crippen molar-refractivity contribution in [2.24, 2.45) is 5.73 Å². The number of rotatable bonds is 6. The molecule has 0 heterocycles. The number of ether oxygens (including phenoxy) is 2. The first kappa shape index (κ1) is 15.5. The van der Waals surface area contributed by atoms with E-state index in [2.05, 4.69) is 0 Å². The second-order valence-corrected chi connectivity index (χ2v) is 3.87. The van der Waals surface area contributed by atoms with Crippen molar-refractivity contribution < 1.29 is 23.9 Å². The normalized spacial score (nSPS) is 11.3. The molecule has 0 fully saturated rings. The first-order valence-electron chi connectivity index (χ1n) is 5.97.